The van der Waals surface area contributed by atoms with Gasteiger partial charge in [-0.05, 0) is 18.9 Å². The predicted octanol–water partition coefficient (Wildman–Crippen LogP) is 0.301. The van der Waals surface area contributed by atoms with Crippen LogP contribution in [0.15, 0.2) is 12.1 Å². The van der Waals surface area contributed by atoms with Crippen molar-refractivity contribution in [1.82, 2.24) is 0 Å². The van der Waals surface area contributed by atoms with Crippen molar-refractivity contribution in [2.45, 2.75) is 25.9 Å². The van der Waals surface area contributed by atoms with Crippen molar-refractivity contribution in [3.8, 4) is 0 Å². The largest absolute Gasteiger partial charge is 0.618 e. The highest BCUT2D eigenvalue weighted by Crippen LogP contribution is 2.18. The Hall–Kier alpha value is -1.09. The Morgan fingerprint density at radius 3 is 3.00 bits per heavy atom. The summed E-state index contributed by atoms with van der Waals surface area (Å²) in [6.07, 6.45) is 2.92. The Labute approximate surface area is 70.9 Å². The first-order chi connectivity index (χ1) is 5.83. The first-order valence-electron chi connectivity index (χ1n) is 4.17. The third-order valence-corrected chi connectivity index (χ3v) is 2.38. The monoisotopic (exact) mass is 165 g/mol. The molecule has 12 heavy (non-hydrogen) atoms. The molecule has 3 heteroatoms. The molecule has 1 aromatic heterocycles. The number of aliphatic hydroxyl groups excluding tert-OH is 1. The summed E-state index contributed by atoms with van der Waals surface area (Å²) >= 11 is 0. The summed E-state index contributed by atoms with van der Waals surface area (Å²) in [7, 11) is 0. The molecule has 0 aliphatic heterocycles. The zero-order chi connectivity index (χ0) is 8.55. The van der Waals surface area contributed by atoms with Crippen LogP contribution in [-0.2, 0) is 19.4 Å². The van der Waals surface area contributed by atoms with Gasteiger partial charge in [0.2, 0.25) is 5.69 Å². The molecule has 0 fully saturated rings. The van der Waals surface area contributed by atoms with Gasteiger partial charge in [0.1, 0.15) is 6.61 Å². The summed E-state index contributed by atoms with van der Waals surface area (Å²) < 4.78 is 0.877. The third kappa shape index (κ3) is 0.975. The molecule has 1 N–H and O–H groups in total. The van der Waals surface area contributed by atoms with Gasteiger partial charge in [-0.15, -0.1) is 0 Å². The molecule has 1 heterocycles. The number of rotatable bonds is 1. The summed E-state index contributed by atoms with van der Waals surface area (Å²) in [5.41, 5.74) is 2.44. The lowest BCUT2D eigenvalue weighted by atomic mass is 10.2. The maximum Gasteiger partial charge on any atom is 0.218 e. The first kappa shape index (κ1) is 7.55. The predicted molar refractivity (Wildman–Crippen MR) is 43.3 cm³/mol. The summed E-state index contributed by atoms with van der Waals surface area (Å²) in [6.45, 7) is -0.170. The second-order valence-electron chi connectivity index (χ2n) is 3.10. The Bertz CT molecular complexity index is 310. The van der Waals surface area contributed by atoms with E-state index >= 15 is 0 Å². The molecule has 0 atom stereocenters. The molecule has 0 amide bonds. The highest BCUT2D eigenvalue weighted by molar-refractivity contribution is 5.22. The molecule has 64 valence electrons. The van der Waals surface area contributed by atoms with Crippen molar-refractivity contribution in [1.29, 1.82) is 0 Å². The SMILES string of the molecule is [O-][n+]1c(CO)ccc2c1CCC2. The second-order valence-corrected chi connectivity index (χ2v) is 3.10. The lowest BCUT2D eigenvalue weighted by Gasteiger charge is -2.06. The number of nitrogens with zero attached hydrogens (tertiary/aromatic N) is 1. The van der Waals surface area contributed by atoms with Gasteiger partial charge in [-0.25, -0.2) is 0 Å². The van der Waals surface area contributed by atoms with Crippen LogP contribution >= 0.6 is 0 Å². The van der Waals surface area contributed by atoms with Gasteiger partial charge in [0.05, 0.1) is 0 Å². The van der Waals surface area contributed by atoms with E-state index in [9.17, 15) is 5.21 Å². The summed E-state index contributed by atoms with van der Waals surface area (Å²) in [6, 6.07) is 3.65. The zero-order valence-corrected chi connectivity index (χ0v) is 6.79. The number of hydrogen-bond donors (Lipinski definition) is 1. The zero-order valence-electron chi connectivity index (χ0n) is 6.79. The van der Waals surface area contributed by atoms with E-state index in [1.807, 2.05) is 6.07 Å². The Balaban J connectivity index is 2.54. The highest BCUT2D eigenvalue weighted by atomic mass is 16.5. The topological polar surface area (TPSA) is 47.2 Å². The fraction of sp³-hybridized carbons (Fsp3) is 0.444. The Morgan fingerprint density at radius 1 is 1.42 bits per heavy atom. The maximum atomic E-state index is 11.4. The van der Waals surface area contributed by atoms with Gasteiger partial charge in [0.25, 0.3) is 0 Å². The van der Waals surface area contributed by atoms with Crippen LogP contribution < -0.4 is 4.73 Å². The molecule has 0 unspecified atom stereocenters. The van der Waals surface area contributed by atoms with Crippen LogP contribution in [0.4, 0.5) is 0 Å². The van der Waals surface area contributed by atoms with Gasteiger partial charge in [-0.1, -0.05) is 0 Å². The molecule has 0 radical (unpaired) electrons. The molecule has 2 rings (SSSR count). The molecule has 1 aromatic rings. The lowest BCUT2D eigenvalue weighted by Crippen LogP contribution is -2.36. The summed E-state index contributed by atoms with van der Waals surface area (Å²) in [4.78, 5) is 0. The molecule has 0 bridgehead atoms. The van der Waals surface area contributed by atoms with Gasteiger partial charge in [0.15, 0.2) is 5.69 Å². The van der Waals surface area contributed by atoms with Crippen LogP contribution in [0.5, 0.6) is 0 Å². The number of hydrogen-bond acceptors (Lipinski definition) is 2. The Kier molecular flexibility index (Phi) is 1.73. The van der Waals surface area contributed by atoms with Crippen molar-refractivity contribution in [3.63, 3.8) is 0 Å². The van der Waals surface area contributed by atoms with Gasteiger partial charge in [-0.3, -0.25) is 0 Å². The molecule has 0 aromatic carbocycles. The van der Waals surface area contributed by atoms with Crippen molar-refractivity contribution in [2.24, 2.45) is 0 Å². The van der Waals surface area contributed by atoms with Crippen LogP contribution in [0.3, 0.4) is 0 Å². The van der Waals surface area contributed by atoms with Gasteiger partial charge in [-0.2, -0.15) is 4.73 Å². The number of pyridine rings is 1. The minimum Gasteiger partial charge on any atom is -0.618 e. The third-order valence-electron chi connectivity index (χ3n) is 2.38. The average molecular weight is 165 g/mol. The van der Waals surface area contributed by atoms with Crippen LogP contribution in [0.1, 0.15) is 23.4 Å². The summed E-state index contributed by atoms with van der Waals surface area (Å²) in [5, 5.41) is 20.3. The van der Waals surface area contributed by atoms with Gasteiger partial charge < -0.3 is 10.3 Å². The number of aliphatic hydroxyl groups is 1. The molecule has 1 aliphatic carbocycles. The minimum atomic E-state index is -0.170. The lowest BCUT2D eigenvalue weighted by molar-refractivity contribution is -0.624. The average Bonchev–Trinajstić information content (AvgIpc) is 2.53. The van der Waals surface area contributed by atoms with E-state index in [0.29, 0.717) is 5.69 Å². The minimum absolute atomic E-state index is 0.170. The molecule has 3 nitrogen and oxygen atoms in total. The normalized spacial score (nSPS) is 14.8. The van der Waals surface area contributed by atoms with Crippen LogP contribution in [-0.4, -0.2) is 5.11 Å². The van der Waals surface area contributed by atoms with Crippen molar-refractivity contribution in [2.75, 3.05) is 0 Å². The smallest absolute Gasteiger partial charge is 0.218 e. The van der Waals surface area contributed by atoms with Crippen LogP contribution in [0, 0.1) is 5.21 Å². The second kappa shape index (κ2) is 2.75. The van der Waals surface area contributed by atoms with Crippen LogP contribution in [0.2, 0.25) is 0 Å². The molecule has 0 spiro atoms. The summed E-state index contributed by atoms with van der Waals surface area (Å²) in [5.74, 6) is 0. The van der Waals surface area contributed by atoms with Crippen molar-refractivity contribution >= 4 is 0 Å². The van der Waals surface area contributed by atoms with E-state index in [1.165, 1.54) is 0 Å². The maximum absolute atomic E-state index is 11.4. The van der Waals surface area contributed by atoms with Gasteiger partial charge >= 0.3 is 0 Å². The quantitative estimate of drug-likeness (QED) is 0.480. The molecule has 0 saturated heterocycles. The fourth-order valence-corrected chi connectivity index (χ4v) is 1.72. The Morgan fingerprint density at radius 2 is 2.25 bits per heavy atom. The van der Waals surface area contributed by atoms with E-state index in [0.717, 1.165) is 35.3 Å². The number of aromatic nitrogens is 1. The van der Waals surface area contributed by atoms with E-state index in [4.69, 9.17) is 5.11 Å². The van der Waals surface area contributed by atoms with Crippen molar-refractivity contribution in [3.05, 3.63) is 34.3 Å². The molecular formula is C9H11NO2. The van der Waals surface area contributed by atoms with E-state index in [-0.39, 0.29) is 6.61 Å². The molecule has 0 saturated carbocycles. The fourth-order valence-electron chi connectivity index (χ4n) is 1.72. The molecule has 1 aliphatic rings. The van der Waals surface area contributed by atoms with Crippen molar-refractivity contribution < 1.29 is 9.84 Å². The van der Waals surface area contributed by atoms with E-state index < -0.39 is 0 Å². The van der Waals surface area contributed by atoms with E-state index in [2.05, 4.69) is 0 Å². The number of fused-ring (bicyclic) bond motifs is 1. The highest BCUT2D eigenvalue weighted by Gasteiger charge is 2.20. The number of aryl methyl sites for hydroxylation is 1. The van der Waals surface area contributed by atoms with Gasteiger partial charge in [0, 0.05) is 18.1 Å². The standard InChI is InChI=1S/C9H11NO2/c11-6-8-5-4-7-2-1-3-9(7)10(8)12/h4-5,11H,1-3,6H2. The van der Waals surface area contributed by atoms with Crippen LogP contribution in [0.25, 0.3) is 0 Å². The molecular weight excluding hydrogens is 154 g/mol. The van der Waals surface area contributed by atoms with E-state index in [1.54, 1.807) is 6.07 Å². The first-order valence-corrected chi connectivity index (χ1v) is 4.17.